The molecule has 68 valence electrons. The molecule has 1 aromatic rings. The molecule has 0 aliphatic heterocycles. The Hall–Kier alpha value is -1.57. The fourth-order valence-electron chi connectivity index (χ4n) is 0.775. The van der Waals surface area contributed by atoms with Crippen LogP contribution >= 0.6 is 0 Å². The van der Waals surface area contributed by atoms with Crippen LogP contribution in [0.25, 0.3) is 4.85 Å². The number of rotatable bonds is 0. The quantitative estimate of drug-likeness (QED) is 0.435. The summed E-state index contributed by atoms with van der Waals surface area (Å²) < 4.78 is 48.6. The second kappa shape index (κ2) is 3.05. The van der Waals surface area contributed by atoms with Gasteiger partial charge in [-0.25, -0.2) is 9.24 Å². The molecule has 0 radical (unpaired) electrons. The number of hydrogen-bond donors (Lipinski definition) is 0. The van der Waals surface area contributed by atoms with E-state index in [0.717, 1.165) is 0 Å². The maximum Gasteiger partial charge on any atom is 0.415 e. The van der Waals surface area contributed by atoms with Crippen molar-refractivity contribution in [2.24, 2.45) is 0 Å². The summed E-state index contributed by atoms with van der Waals surface area (Å²) in [5, 5.41) is 0. The van der Waals surface area contributed by atoms with E-state index in [2.05, 4.69) is 4.85 Å². The van der Waals surface area contributed by atoms with Crippen molar-refractivity contribution >= 4 is 5.69 Å². The Labute approximate surface area is 71.4 Å². The molecule has 0 aliphatic rings. The third-order valence-corrected chi connectivity index (χ3v) is 1.39. The lowest BCUT2D eigenvalue weighted by atomic mass is 10.2. The number of alkyl halides is 3. The van der Waals surface area contributed by atoms with E-state index in [1.54, 1.807) is 0 Å². The largest absolute Gasteiger partial charge is 0.415 e. The van der Waals surface area contributed by atoms with Crippen molar-refractivity contribution in [2.45, 2.75) is 6.18 Å². The molecule has 0 aromatic heterocycles. The molecule has 0 fully saturated rings. The lowest BCUT2D eigenvalue weighted by molar-refractivity contribution is -0.137. The van der Waals surface area contributed by atoms with Crippen LogP contribution in [0.1, 0.15) is 5.56 Å². The van der Waals surface area contributed by atoms with Crippen molar-refractivity contribution < 1.29 is 17.6 Å². The van der Waals surface area contributed by atoms with Crippen LogP contribution in [0.4, 0.5) is 23.2 Å². The first-order valence-corrected chi connectivity index (χ1v) is 3.19. The molecular weight excluding hydrogens is 186 g/mol. The van der Waals surface area contributed by atoms with Gasteiger partial charge in [-0.1, -0.05) is 0 Å². The predicted octanol–water partition coefficient (Wildman–Crippen LogP) is 3.40. The average molecular weight is 189 g/mol. The minimum Gasteiger partial charge on any atom is -0.235 e. The Kier molecular flexibility index (Phi) is 2.24. The summed E-state index contributed by atoms with van der Waals surface area (Å²) in [5.41, 5.74) is -1.63. The van der Waals surface area contributed by atoms with Crippen LogP contribution in [0.15, 0.2) is 18.2 Å². The summed E-state index contributed by atoms with van der Waals surface area (Å²) >= 11 is 0. The highest BCUT2D eigenvalue weighted by Gasteiger charge is 2.30. The van der Waals surface area contributed by atoms with Gasteiger partial charge in [0.15, 0.2) is 0 Å². The highest BCUT2D eigenvalue weighted by Crippen LogP contribution is 2.32. The van der Waals surface area contributed by atoms with Gasteiger partial charge in [0.25, 0.3) is 0 Å². The Morgan fingerprint density at radius 2 is 1.85 bits per heavy atom. The Bertz CT molecular complexity index is 361. The van der Waals surface area contributed by atoms with E-state index in [1.807, 2.05) is 0 Å². The molecule has 0 unspecified atom stereocenters. The molecule has 0 bridgehead atoms. The number of nitrogens with zero attached hydrogens (tertiary/aromatic N) is 1. The molecule has 0 N–H and O–H groups in total. The molecule has 0 amide bonds. The van der Waals surface area contributed by atoms with Crippen molar-refractivity contribution in [3.63, 3.8) is 0 Å². The van der Waals surface area contributed by atoms with Gasteiger partial charge in [-0.3, -0.25) is 0 Å². The summed E-state index contributed by atoms with van der Waals surface area (Å²) in [4.78, 5) is 2.62. The zero-order valence-corrected chi connectivity index (χ0v) is 6.19. The Morgan fingerprint density at radius 3 is 2.31 bits per heavy atom. The third-order valence-electron chi connectivity index (χ3n) is 1.39. The molecule has 1 aromatic carbocycles. The zero-order chi connectivity index (χ0) is 10.1. The van der Waals surface area contributed by atoms with E-state index >= 15 is 0 Å². The van der Waals surface area contributed by atoms with Gasteiger partial charge in [0, 0.05) is 5.56 Å². The molecule has 5 heteroatoms. The minimum absolute atomic E-state index is 0.488. The van der Waals surface area contributed by atoms with Gasteiger partial charge in [0.2, 0.25) is 5.69 Å². The smallest absolute Gasteiger partial charge is 0.235 e. The topological polar surface area (TPSA) is 4.36 Å². The minimum atomic E-state index is -4.53. The monoisotopic (exact) mass is 189 g/mol. The molecule has 0 saturated carbocycles. The van der Waals surface area contributed by atoms with Gasteiger partial charge >= 0.3 is 6.18 Å². The van der Waals surface area contributed by atoms with Crippen LogP contribution in [0.2, 0.25) is 0 Å². The van der Waals surface area contributed by atoms with Gasteiger partial charge in [0.05, 0.1) is 6.57 Å². The normalized spacial score (nSPS) is 11.0. The van der Waals surface area contributed by atoms with Crippen LogP contribution in [-0.2, 0) is 6.18 Å². The van der Waals surface area contributed by atoms with E-state index in [1.165, 1.54) is 0 Å². The fraction of sp³-hybridized carbons (Fsp3) is 0.125. The number of halogens is 4. The maximum absolute atomic E-state index is 12.6. The summed E-state index contributed by atoms with van der Waals surface area (Å²) in [6.07, 6.45) is -4.53. The van der Waals surface area contributed by atoms with Crippen molar-refractivity contribution in [3.05, 3.63) is 41.0 Å². The van der Waals surface area contributed by atoms with Crippen LogP contribution in [0, 0.1) is 12.4 Å². The van der Waals surface area contributed by atoms with Gasteiger partial charge in [0.1, 0.15) is 5.82 Å². The molecular formula is C8H3F4N. The first kappa shape index (κ1) is 9.52. The highest BCUT2D eigenvalue weighted by molar-refractivity contribution is 5.48. The summed E-state index contributed by atoms with van der Waals surface area (Å²) in [6, 6.07) is 1.72. The van der Waals surface area contributed by atoms with Crippen LogP contribution in [-0.4, -0.2) is 0 Å². The van der Waals surface area contributed by atoms with Gasteiger partial charge < -0.3 is 0 Å². The van der Waals surface area contributed by atoms with Crippen molar-refractivity contribution in [3.8, 4) is 0 Å². The second-order valence-corrected chi connectivity index (χ2v) is 2.28. The van der Waals surface area contributed by atoms with E-state index in [4.69, 9.17) is 6.57 Å². The Morgan fingerprint density at radius 1 is 1.23 bits per heavy atom. The lowest BCUT2D eigenvalue weighted by Gasteiger charge is -2.06. The predicted molar refractivity (Wildman–Crippen MR) is 37.7 cm³/mol. The number of hydrogen-bond acceptors (Lipinski definition) is 0. The molecule has 0 saturated heterocycles. The van der Waals surface area contributed by atoms with E-state index in [-0.39, 0.29) is 0 Å². The molecule has 1 rings (SSSR count). The maximum atomic E-state index is 12.6. The first-order valence-electron chi connectivity index (χ1n) is 3.19. The molecule has 0 atom stereocenters. The first-order chi connectivity index (χ1) is 5.95. The standard InChI is InChI=1S/C8H3F4N/c1-13-7-4-5(8(10,11)12)2-3-6(7)9/h2-4H. The fourth-order valence-corrected chi connectivity index (χ4v) is 0.775. The van der Waals surface area contributed by atoms with Crippen LogP contribution in [0.3, 0.4) is 0 Å². The summed E-state index contributed by atoms with van der Waals surface area (Å²) in [6.45, 7) is 6.40. The zero-order valence-electron chi connectivity index (χ0n) is 6.19. The van der Waals surface area contributed by atoms with Crippen molar-refractivity contribution in [1.29, 1.82) is 0 Å². The SMILES string of the molecule is [C-]#[N+]c1cc(C(F)(F)F)ccc1F. The van der Waals surface area contributed by atoms with E-state index in [9.17, 15) is 17.6 Å². The average Bonchev–Trinajstić information content (AvgIpc) is 2.03. The summed E-state index contributed by atoms with van der Waals surface area (Å²) in [7, 11) is 0. The second-order valence-electron chi connectivity index (χ2n) is 2.28. The summed E-state index contributed by atoms with van der Waals surface area (Å²) in [5.74, 6) is -0.942. The lowest BCUT2D eigenvalue weighted by Crippen LogP contribution is -2.04. The molecule has 1 nitrogen and oxygen atoms in total. The van der Waals surface area contributed by atoms with Crippen LogP contribution in [0.5, 0.6) is 0 Å². The molecule has 0 spiro atoms. The third kappa shape index (κ3) is 1.96. The Balaban J connectivity index is 3.24. The van der Waals surface area contributed by atoms with E-state index in [0.29, 0.717) is 18.2 Å². The molecule has 0 heterocycles. The van der Waals surface area contributed by atoms with E-state index < -0.39 is 23.2 Å². The highest BCUT2D eigenvalue weighted by atomic mass is 19.4. The van der Waals surface area contributed by atoms with Gasteiger partial charge in [-0.15, -0.1) is 0 Å². The molecule has 0 aliphatic carbocycles. The van der Waals surface area contributed by atoms with Crippen LogP contribution < -0.4 is 0 Å². The van der Waals surface area contributed by atoms with Gasteiger partial charge in [-0.2, -0.15) is 13.2 Å². The molecule has 13 heavy (non-hydrogen) atoms. The number of benzene rings is 1. The van der Waals surface area contributed by atoms with Crippen molar-refractivity contribution in [2.75, 3.05) is 0 Å². The van der Waals surface area contributed by atoms with Gasteiger partial charge in [-0.05, 0) is 18.2 Å². The van der Waals surface area contributed by atoms with Crippen molar-refractivity contribution in [1.82, 2.24) is 0 Å².